The number of amides is 1. The minimum absolute atomic E-state index is 0.236. The van der Waals surface area contributed by atoms with Gasteiger partial charge in [0.1, 0.15) is 0 Å². The molecule has 1 fully saturated rings. The first-order chi connectivity index (χ1) is 7.81. The lowest BCUT2D eigenvalue weighted by atomic mass is 10.0. The maximum Gasteiger partial charge on any atom is 0.401 e. The van der Waals surface area contributed by atoms with Gasteiger partial charge in [-0.2, -0.15) is 13.2 Å². The molecule has 4 nitrogen and oxygen atoms in total. The average Bonchev–Trinajstić information content (AvgIpc) is 2.25. The molecule has 0 spiro atoms. The van der Waals surface area contributed by atoms with Crippen molar-refractivity contribution in [3.05, 3.63) is 0 Å². The summed E-state index contributed by atoms with van der Waals surface area (Å²) in [6.07, 6.45) is -3.10. The van der Waals surface area contributed by atoms with Gasteiger partial charge >= 0.3 is 6.18 Å². The predicted octanol–water partition coefficient (Wildman–Crippen LogP) is 0.476. The van der Waals surface area contributed by atoms with Crippen LogP contribution in [0.2, 0.25) is 0 Å². The molecule has 0 aromatic rings. The third kappa shape index (κ3) is 4.51. The molecule has 1 saturated heterocycles. The number of halogens is 3. The van der Waals surface area contributed by atoms with Gasteiger partial charge in [-0.25, -0.2) is 0 Å². The van der Waals surface area contributed by atoms with Crippen molar-refractivity contribution in [2.45, 2.75) is 38.0 Å². The molecular weight excluding hydrogens is 235 g/mol. The monoisotopic (exact) mass is 253 g/mol. The first-order valence-electron chi connectivity index (χ1n) is 5.64. The Morgan fingerprint density at radius 3 is 2.41 bits per heavy atom. The second-order valence-corrected chi connectivity index (χ2v) is 4.35. The normalized spacial score (nSPS) is 20.5. The molecular formula is C10H18F3N3O. The number of primary amides is 1. The van der Waals surface area contributed by atoms with E-state index in [9.17, 15) is 18.0 Å². The van der Waals surface area contributed by atoms with Gasteiger partial charge < -0.3 is 11.1 Å². The van der Waals surface area contributed by atoms with Crippen molar-refractivity contribution >= 4 is 5.91 Å². The Morgan fingerprint density at radius 2 is 2.00 bits per heavy atom. The molecule has 1 atom stereocenters. The molecule has 3 N–H and O–H groups in total. The van der Waals surface area contributed by atoms with Crippen molar-refractivity contribution in [3.63, 3.8) is 0 Å². The van der Waals surface area contributed by atoms with E-state index in [4.69, 9.17) is 5.73 Å². The highest BCUT2D eigenvalue weighted by molar-refractivity contribution is 5.79. The lowest BCUT2D eigenvalue weighted by Gasteiger charge is -2.37. The molecule has 1 aliphatic rings. The van der Waals surface area contributed by atoms with Gasteiger partial charge in [0, 0.05) is 6.04 Å². The van der Waals surface area contributed by atoms with Crippen LogP contribution in [-0.4, -0.2) is 48.7 Å². The molecule has 1 amide bonds. The fourth-order valence-corrected chi connectivity index (χ4v) is 2.09. The van der Waals surface area contributed by atoms with Crippen LogP contribution in [0.5, 0.6) is 0 Å². The largest absolute Gasteiger partial charge is 0.401 e. The number of hydrogen-bond donors (Lipinski definition) is 2. The highest BCUT2D eigenvalue weighted by atomic mass is 19.4. The number of hydrogen-bond acceptors (Lipinski definition) is 3. The quantitative estimate of drug-likeness (QED) is 0.766. The van der Waals surface area contributed by atoms with Crippen molar-refractivity contribution in [1.29, 1.82) is 0 Å². The smallest absolute Gasteiger partial charge is 0.368 e. The van der Waals surface area contributed by atoms with Crippen molar-refractivity contribution < 1.29 is 18.0 Å². The number of rotatable bonds is 4. The number of nitrogens with zero attached hydrogens (tertiary/aromatic N) is 1. The second-order valence-electron chi connectivity index (χ2n) is 4.35. The molecule has 1 unspecified atom stereocenters. The van der Waals surface area contributed by atoms with Crippen molar-refractivity contribution in [3.8, 4) is 0 Å². The summed E-state index contributed by atoms with van der Waals surface area (Å²) in [5, 5.41) is 3.08. The zero-order valence-electron chi connectivity index (χ0n) is 9.76. The molecule has 1 rings (SSSR count). The highest BCUT2D eigenvalue weighted by Crippen LogP contribution is 2.23. The molecule has 1 aliphatic heterocycles. The molecule has 0 radical (unpaired) electrons. The van der Waals surface area contributed by atoms with E-state index in [0.29, 0.717) is 25.9 Å². The fraction of sp³-hybridized carbons (Fsp3) is 0.900. The number of nitrogens with one attached hydrogen (secondary N) is 1. The van der Waals surface area contributed by atoms with Crippen LogP contribution in [0, 0.1) is 0 Å². The van der Waals surface area contributed by atoms with Crippen LogP contribution in [0.1, 0.15) is 19.8 Å². The van der Waals surface area contributed by atoms with Crippen LogP contribution >= 0.6 is 0 Å². The molecule has 7 heteroatoms. The Bertz CT molecular complexity index is 264. The van der Waals surface area contributed by atoms with Crippen LogP contribution in [0.15, 0.2) is 0 Å². The maximum absolute atomic E-state index is 12.5. The SMILES string of the molecule is CC(C(N)=O)N(CC(F)(F)F)C1CCNCC1. The van der Waals surface area contributed by atoms with Crippen LogP contribution in [0.3, 0.4) is 0 Å². The van der Waals surface area contributed by atoms with Crippen molar-refractivity contribution in [1.82, 2.24) is 10.2 Å². The number of carbonyl (C=O) groups is 1. The fourth-order valence-electron chi connectivity index (χ4n) is 2.09. The molecule has 0 saturated carbocycles. The van der Waals surface area contributed by atoms with Gasteiger partial charge in [0.05, 0.1) is 12.6 Å². The number of nitrogens with two attached hydrogens (primary N) is 1. The van der Waals surface area contributed by atoms with Crippen LogP contribution in [0.25, 0.3) is 0 Å². The minimum atomic E-state index is -4.31. The van der Waals surface area contributed by atoms with Gasteiger partial charge in [0.25, 0.3) is 0 Å². The minimum Gasteiger partial charge on any atom is -0.368 e. The topological polar surface area (TPSA) is 58.4 Å². The van der Waals surface area contributed by atoms with Crippen molar-refractivity contribution in [2.24, 2.45) is 5.73 Å². The van der Waals surface area contributed by atoms with Crippen LogP contribution in [-0.2, 0) is 4.79 Å². The first-order valence-corrected chi connectivity index (χ1v) is 5.64. The molecule has 0 aromatic heterocycles. The van der Waals surface area contributed by atoms with E-state index in [0.717, 1.165) is 0 Å². The summed E-state index contributed by atoms with van der Waals surface area (Å²) in [6.45, 7) is 1.69. The standard InChI is InChI=1S/C10H18F3N3O/c1-7(9(14)17)16(6-10(11,12)13)8-2-4-15-5-3-8/h7-8,15H,2-6H2,1H3,(H2,14,17). The molecule has 17 heavy (non-hydrogen) atoms. The average molecular weight is 253 g/mol. The lowest BCUT2D eigenvalue weighted by molar-refractivity contribution is -0.160. The summed E-state index contributed by atoms with van der Waals surface area (Å²) in [5.41, 5.74) is 5.10. The summed E-state index contributed by atoms with van der Waals surface area (Å²) in [7, 11) is 0. The lowest BCUT2D eigenvalue weighted by Crippen LogP contribution is -2.54. The summed E-state index contributed by atoms with van der Waals surface area (Å²) in [6, 6.07) is -1.12. The third-order valence-electron chi connectivity index (χ3n) is 3.05. The first kappa shape index (κ1) is 14.2. The summed E-state index contributed by atoms with van der Waals surface area (Å²) in [4.78, 5) is 12.2. The maximum atomic E-state index is 12.5. The molecule has 0 bridgehead atoms. The summed E-state index contributed by atoms with van der Waals surface area (Å²) in [5.74, 6) is -0.715. The Kier molecular flexibility index (Phi) is 4.76. The van der Waals surface area contributed by atoms with Gasteiger partial charge in [-0.05, 0) is 32.9 Å². The van der Waals surface area contributed by atoms with Gasteiger partial charge in [-0.1, -0.05) is 0 Å². The Labute approximate surface area is 98.3 Å². The van der Waals surface area contributed by atoms with E-state index in [1.165, 1.54) is 11.8 Å². The zero-order chi connectivity index (χ0) is 13.1. The van der Waals surface area contributed by atoms with E-state index in [-0.39, 0.29) is 6.04 Å². The third-order valence-corrected chi connectivity index (χ3v) is 3.05. The zero-order valence-corrected chi connectivity index (χ0v) is 9.76. The van der Waals surface area contributed by atoms with E-state index in [1.807, 2.05) is 0 Å². The van der Waals surface area contributed by atoms with Crippen molar-refractivity contribution in [2.75, 3.05) is 19.6 Å². The van der Waals surface area contributed by atoms with Gasteiger partial charge in [0.2, 0.25) is 5.91 Å². The van der Waals surface area contributed by atoms with E-state index < -0.39 is 24.7 Å². The van der Waals surface area contributed by atoms with Crippen LogP contribution < -0.4 is 11.1 Å². The van der Waals surface area contributed by atoms with E-state index >= 15 is 0 Å². The second kappa shape index (κ2) is 5.68. The molecule has 0 aromatic carbocycles. The summed E-state index contributed by atoms with van der Waals surface area (Å²) >= 11 is 0. The molecule has 1 heterocycles. The Balaban J connectivity index is 2.73. The van der Waals surface area contributed by atoms with E-state index in [2.05, 4.69) is 5.32 Å². The molecule has 0 aliphatic carbocycles. The predicted molar refractivity (Wildman–Crippen MR) is 57.3 cm³/mol. The highest BCUT2D eigenvalue weighted by Gasteiger charge is 2.37. The number of alkyl halides is 3. The molecule has 100 valence electrons. The van der Waals surface area contributed by atoms with E-state index in [1.54, 1.807) is 0 Å². The number of carbonyl (C=O) groups excluding carboxylic acids is 1. The summed E-state index contributed by atoms with van der Waals surface area (Å²) < 4.78 is 37.4. The Morgan fingerprint density at radius 1 is 1.47 bits per heavy atom. The Hall–Kier alpha value is -0.820. The van der Waals surface area contributed by atoms with Gasteiger partial charge in [-0.15, -0.1) is 0 Å². The van der Waals surface area contributed by atoms with Crippen LogP contribution in [0.4, 0.5) is 13.2 Å². The van der Waals surface area contributed by atoms with Gasteiger partial charge in [0.15, 0.2) is 0 Å². The number of piperidine rings is 1. The van der Waals surface area contributed by atoms with Gasteiger partial charge in [-0.3, -0.25) is 9.69 Å².